The molecule has 8 heteroatoms. The van der Waals surface area contributed by atoms with E-state index in [0.29, 0.717) is 27.0 Å². The van der Waals surface area contributed by atoms with Crippen LogP contribution in [0.2, 0.25) is 10.0 Å². The minimum Gasteiger partial charge on any atom is -0.487 e. The van der Waals surface area contributed by atoms with E-state index in [1.54, 1.807) is 19.2 Å². The third kappa shape index (κ3) is 5.27. The van der Waals surface area contributed by atoms with E-state index in [0.717, 1.165) is 16.6 Å². The molecular weight excluding hydrogens is 439 g/mol. The van der Waals surface area contributed by atoms with Gasteiger partial charge in [-0.15, -0.1) is 0 Å². The standard InChI is InChI=1S/C23H22Cl2N2O4/c1-14-7-8-15-5-4-6-19(23(15)26-14)31-13-16-17(24)9-10-18(22(16)25)27(2)20(28)11-12-21(29)30-3/h4-10H,11-13H2,1-3H3. The van der Waals surface area contributed by atoms with Gasteiger partial charge >= 0.3 is 5.97 Å². The predicted molar refractivity (Wildman–Crippen MR) is 122 cm³/mol. The van der Waals surface area contributed by atoms with Gasteiger partial charge in [-0.25, -0.2) is 4.98 Å². The molecule has 1 amide bonds. The fraction of sp³-hybridized carbons (Fsp3) is 0.261. The Morgan fingerprint density at radius 3 is 2.58 bits per heavy atom. The van der Waals surface area contributed by atoms with Crippen molar-refractivity contribution >= 4 is 51.7 Å². The molecule has 0 saturated heterocycles. The molecule has 0 bridgehead atoms. The topological polar surface area (TPSA) is 68.7 Å². The summed E-state index contributed by atoms with van der Waals surface area (Å²) in [5, 5.41) is 1.70. The summed E-state index contributed by atoms with van der Waals surface area (Å²) in [6.07, 6.45) is 0.00331. The van der Waals surface area contributed by atoms with Crippen LogP contribution in [0.25, 0.3) is 10.9 Å². The van der Waals surface area contributed by atoms with Crippen molar-refractivity contribution in [3.63, 3.8) is 0 Å². The van der Waals surface area contributed by atoms with Gasteiger partial charge in [0.15, 0.2) is 0 Å². The summed E-state index contributed by atoms with van der Waals surface area (Å²) in [7, 11) is 2.88. The van der Waals surface area contributed by atoms with Crippen LogP contribution in [0.1, 0.15) is 24.1 Å². The molecule has 0 aliphatic rings. The molecule has 0 N–H and O–H groups in total. The average Bonchev–Trinajstić information content (AvgIpc) is 2.76. The van der Waals surface area contributed by atoms with E-state index in [2.05, 4.69) is 9.72 Å². The summed E-state index contributed by atoms with van der Waals surface area (Å²) in [6.45, 7) is 2.02. The molecule has 2 aromatic carbocycles. The number of methoxy groups -OCH3 is 1. The van der Waals surface area contributed by atoms with Crippen LogP contribution in [-0.2, 0) is 20.9 Å². The van der Waals surface area contributed by atoms with Crippen LogP contribution in [0, 0.1) is 6.92 Å². The number of benzene rings is 2. The Balaban J connectivity index is 1.82. The monoisotopic (exact) mass is 460 g/mol. The average molecular weight is 461 g/mol. The minimum absolute atomic E-state index is 0.00561. The quantitative estimate of drug-likeness (QED) is 0.444. The maximum Gasteiger partial charge on any atom is 0.306 e. The number of para-hydroxylation sites is 1. The number of rotatable bonds is 7. The first-order valence-electron chi connectivity index (χ1n) is 9.61. The van der Waals surface area contributed by atoms with Crippen LogP contribution in [0.15, 0.2) is 42.5 Å². The van der Waals surface area contributed by atoms with Crippen LogP contribution in [0.4, 0.5) is 5.69 Å². The second kappa shape index (κ2) is 9.98. The third-order valence-corrected chi connectivity index (χ3v) is 5.64. The first-order valence-corrected chi connectivity index (χ1v) is 10.4. The van der Waals surface area contributed by atoms with Crippen LogP contribution in [-0.4, -0.2) is 31.0 Å². The number of carbonyl (C=O) groups excluding carboxylic acids is 2. The molecule has 6 nitrogen and oxygen atoms in total. The second-order valence-electron chi connectivity index (χ2n) is 6.96. The molecule has 0 radical (unpaired) electrons. The summed E-state index contributed by atoms with van der Waals surface area (Å²) in [5.74, 6) is -0.103. The van der Waals surface area contributed by atoms with Gasteiger partial charge in [-0.05, 0) is 31.2 Å². The number of fused-ring (bicyclic) bond motifs is 1. The number of hydrogen-bond donors (Lipinski definition) is 0. The van der Waals surface area contributed by atoms with Gasteiger partial charge < -0.3 is 14.4 Å². The number of amides is 1. The number of ether oxygens (including phenoxy) is 2. The van der Waals surface area contributed by atoms with Gasteiger partial charge in [-0.2, -0.15) is 0 Å². The second-order valence-corrected chi connectivity index (χ2v) is 7.74. The lowest BCUT2D eigenvalue weighted by Gasteiger charge is -2.21. The van der Waals surface area contributed by atoms with Gasteiger partial charge in [0, 0.05) is 35.1 Å². The molecule has 0 saturated carbocycles. The lowest BCUT2D eigenvalue weighted by atomic mass is 10.1. The number of anilines is 1. The van der Waals surface area contributed by atoms with Crippen molar-refractivity contribution in [3.05, 3.63) is 63.8 Å². The van der Waals surface area contributed by atoms with Crippen LogP contribution in [0.3, 0.4) is 0 Å². The Morgan fingerprint density at radius 2 is 1.84 bits per heavy atom. The summed E-state index contributed by atoms with van der Waals surface area (Å²) in [5.41, 5.74) is 2.67. The van der Waals surface area contributed by atoms with E-state index >= 15 is 0 Å². The first-order chi connectivity index (χ1) is 14.8. The number of pyridine rings is 1. The Morgan fingerprint density at radius 1 is 1.06 bits per heavy atom. The molecule has 31 heavy (non-hydrogen) atoms. The SMILES string of the molecule is COC(=O)CCC(=O)N(C)c1ccc(Cl)c(COc2cccc3ccc(C)nc23)c1Cl. The highest BCUT2D eigenvalue weighted by molar-refractivity contribution is 6.38. The van der Waals surface area contributed by atoms with E-state index in [9.17, 15) is 9.59 Å². The molecule has 3 aromatic rings. The van der Waals surface area contributed by atoms with Crippen molar-refractivity contribution < 1.29 is 19.1 Å². The smallest absolute Gasteiger partial charge is 0.306 e. The highest BCUT2D eigenvalue weighted by Crippen LogP contribution is 2.35. The highest BCUT2D eigenvalue weighted by atomic mass is 35.5. The van der Waals surface area contributed by atoms with E-state index < -0.39 is 5.97 Å². The van der Waals surface area contributed by atoms with E-state index in [1.807, 2.05) is 37.3 Å². The minimum atomic E-state index is -0.447. The molecule has 0 fully saturated rings. The number of nitrogens with zero attached hydrogens (tertiary/aromatic N) is 2. The van der Waals surface area contributed by atoms with Gasteiger partial charge in [-0.1, -0.05) is 41.4 Å². The van der Waals surface area contributed by atoms with Crippen molar-refractivity contribution in [2.24, 2.45) is 0 Å². The van der Waals surface area contributed by atoms with Crippen molar-refractivity contribution in [3.8, 4) is 5.75 Å². The molecule has 0 aliphatic carbocycles. The van der Waals surface area contributed by atoms with Crippen molar-refractivity contribution in [2.75, 3.05) is 19.1 Å². The van der Waals surface area contributed by atoms with Crippen molar-refractivity contribution in [2.45, 2.75) is 26.4 Å². The zero-order chi connectivity index (χ0) is 22.5. The number of aryl methyl sites for hydroxylation is 1. The number of hydrogen-bond acceptors (Lipinski definition) is 5. The van der Waals surface area contributed by atoms with Crippen LogP contribution >= 0.6 is 23.2 Å². The summed E-state index contributed by atoms with van der Waals surface area (Å²) < 4.78 is 10.6. The molecule has 0 spiro atoms. The van der Waals surface area contributed by atoms with Gasteiger partial charge in [-0.3, -0.25) is 9.59 Å². The number of halogens is 2. The Bertz CT molecular complexity index is 1130. The number of carbonyl (C=O) groups is 2. The van der Waals surface area contributed by atoms with Gasteiger partial charge in [0.2, 0.25) is 5.91 Å². The Kier molecular flexibility index (Phi) is 7.36. The maximum absolute atomic E-state index is 12.5. The van der Waals surface area contributed by atoms with Crippen molar-refractivity contribution in [1.82, 2.24) is 4.98 Å². The lowest BCUT2D eigenvalue weighted by Crippen LogP contribution is -2.27. The molecule has 3 rings (SSSR count). The summed E-state index contributed by atoms with van der Waals surface area (Å²) in [6, 6.07) is 12.9. The third-order valence-electron chi connectivity index (χ3n) is 4.87. The zero-order valence-electron chi connectivity index (χ0n) is 17.4. The largest absolute Gasteiger partial charge is 0.487 e. The molecule has 1 aromatic heterocycles. The number of esters is 1. The fourth-order valence-electron chi connectivity index (χ4n) is 3.07. The molecule has 0 atom stereocenters. The van der Waals surface area contributed by atoms with Gasteiger partial charge in [0.1, 0.15) is 17.9 Å². The van der Waals surface area contributed by atoms with Crippen LogP contribution < -0.4 is 9.64 Å². The summed E-state index contributed by atoms with van der Waals surface area (Å²) in [4.78, 5) is 29.7. The van der Waals surface area contributed by atoms with Crippen molar-refractivity contribution in [1.29, 1.82) is 0 Å². The molecule has 1 heterocycles. The van der Waals surface area contributed by atoms with Gasteiger partial charge in [0.25, 0.3) is 0 Å². The van der Waals surface area contributed by atoms with Crippen LogP contribution in [0.5, 0.6) is 5.75 Å². The number of aromatic nitrogens is 1. The Hall–Kier alpha value is -2.83. The predicted octanol–water partition coefficient (Wildman–Crippen LogP) is 5.35. The Labute approximate surface area is 190 Å². The van der Waals surface area contributed by atoms with E-state index in [-0.39, 0.29) is 25.4 Å². The van der Waals surface area contributed by atoms with E-state index in [1.165, 1.54) is 12.0 Å². The molecule has 162 valence electrons. The van der Waals surface area contributed by atoms with E-state index in [4.69, 9.17) is 27.9 Å². The highest BCUT2D eigenvalue weighted by Gasteiger charge is 2.19. The lowest BCUT2D eigenvalue weighted by molar-refractivity contribution is -0.141. The molecule has 0 unspecified atom stereocenters. The molecule has 0 aliphatic heterocycles. The molecular formula is C23H22Cl2N2O4. The first kappa shape index (κ1) is 22.8. The maximum atomic E-state index is 12.5. The fourth-order valence-corrected chi connectivity index (χ4v) is 3.68. The normalized spacial score (nSPS) is 10.7. The van der Waals surface area contributed by atoms with Gasteiger partial charge in [0.05, 0.1) is 24.2 Å². The zero-order valence-corrected chi connectivity index (χ0v) is 19.0. The summed E-state index contributed by atoms with van der Waals surface area (Å²) >= 11 is 13.0.